The number of hydrogen-bond donors (Lipinski definition) is 2. The van der Waals surface area contributed by atoms with E-state index in [0.717, 1.165) is 19.3 Å². The van der Waals surface area contributed by atoms with Gasteiger partial charge in [0.2, 0.25) is 0 Å². The molecule has 1 rings (SSSR count). The summed E-state index contributed by atoms with van der Waals surface area (Å²) in [4.78, 5) is 9.95. The molecule has 0 atom stereocenters. The van der Waals surface area contributed by atoms with Crippen molar-refractivity contribution < 1.29 is 18.7 Å². The van der Waals surface area contributed by atoms with Gasteiger partial charge in [-0.15, -0.1) is 0 Å². The van der Waals surface area contributed by atoms with Crippen molar-refractivity contribution in [2.45, 2.75) is 31.2 Å². The largest absolute Gasteiger partial charge is 0.477 e. The molecule has 0 aromatic carbocycles. The van der Waals surface area contributed by atoms with Crippen LogP contribution >= 0.6 is 0 Å². The summed E-state index contributed by atoms with van der Waals surface area (Å²) >= 11 is 0. The van der Waals surface area contributed by atoms with Gasteiger partial charge in [-0.2, -0.15) is 8.78 Å². The Hall–Kier alpha value is -0.710. The number of carboxylic acid groups (broad SMARTS) is 1. The first-order chi connectivity index (χ1) is 5.52. The van der Waals surface area contributed by atoms with Crippen LogP contribution < -0.4 is 5.32 Å². The predicted octanol–water partition coefficient (Wildman–Crippen LogP) is 0.848. The van der Waals surface area contributed by atoms with Crippen LogP contribution in [0.5, 0.6) is 0 Å². The van der Waals surface area contributed by atoms with Gasteiger partial charge in [0.05, 0.1) is 6.54 Å². The lowest BCUT2D eigenvalue weighted by molar-refractivity contribution is -0.164. The monoisotopic (exact) mass is 179 g/mol. The van der Waals surface area contributed by atoms with Crippen LogP contribution in [0, 0.1) is 0 Å². The highest BCUT2D eigenvalue weighted by atomic mass is 19.3. The van der Waals surface area contributed by atoms with Gasteiger partial charge in [-0.1, -0.05) is 6.42 Å². The zero-order chi connectivity index (χ0) is 9.19. The smallest absolute Gasteiger partial charge is 0.375 e. The zero-order valence-electron chi connectivity index (χ0n) is 6.52. The Morgan fingerprint density at radius 3 is 2.50 bits per heavy atom. The molecule has 0 amide bonds. The maximum Gasteiger partial charge on any atom is 0.375 e. The fourth-order valence-electron chi connectivity index (χ4n) is 0.961. The van der Waals surface area contributed by atoms with Crippen molar-refractivity contribution in [2.24, 2.45) is 0 Å². The highest BCUT2D eigenvalue weighted by Crippen LogP contribution is 2.20. The molecule has 0 aromatic heterocycles. The fourth-order valence-corrected chi connectivity index (χ4v) is 0.961. The highest BCUT2D eigenvalue weighted by molar-refractivity contribution is 5.75. The van der Waals surface area contributed by atoms with Gasteiger partial charge >= 0.3 is 11.9 Å². The SMILES string of the molecule is O=C(O)C(F)(F)CNC1CCC1. The Morgan fingerprint density at radius 1 is 1.58 bits per heavy atom. The molecule has 0 aromatic rings. The number of carbonyl (C=O) groups is 1. The Morgan fingerprint density at radius 2 is 2.17 bits per heavy atom. The Bertz CT molecular complexity index is 180. The second-order valence-corrected chi connectivity index (χ2v) is 3.02. The molecule has 0 unspecified atom stereocenters. The van der Waals surface area contributed by atoms with Gasteiger partial charge in [0.1, 0.15) is 0 Å². The predicted molar refractivity (Wildman–Crippen MR) is 38.2 cm³/mol. The summed E-state index contributed by atoms with van der Waals surface area (Å²) in [5.41, 5.74) is 0. The number of halogens is 2. The van der Waals surface area contributed by atoms with Gasteiger partial charge in [-0.05, 0) is 12.8 Å². The molecule has 0 radical (unpaired) electrons. The molecular formula is C7H11F2NO2. The lowest BCUT2D eigenvalue weighted by Crippen LogP contribution is -2.46. The summed E-state index contributed by atoms with van der Waals surface area (Å²) in [5, 5.41) is 10.6. The molecule has 1 aliphatic carbocycles. The second kappa shape index (κ2) is 3.35. The quantitative estimate of drug-likeness (QED) is 0.672. The van der Waals surface area contributed by atoms with Gasteiger partial charge in [0.15, 0.2) is 0 Å². The second-order valence-electron chi connectivity index (χ2n) is 3.02. The number of aliphatic carboxylic acids is 1. The van der Waals surface area contributed by atoms with Crippen molar-refractivity contribution in [2.75, 3.05) is 6.54 Å². The molecule has 1 aliphatic rings. The molecule has 0 saturated heterocycles. The summed E-state index contributed by atoms with van der Waals surface area (Å²) in [7, 11) is 0. The third-order valence-electron chi connectivity index (χ3n) is 2.03. The van der Waals surface area contributed by atoms with E-state index in [0.29, 0.717) is 0 Å². The molecule has 0 spiro atoms. The molecule has 0 aliphatic heterocycles. The average Bonchev–Trinajstić information content (AvgIpc) is 1.83. The Labute approximate surface area is 68.8 Å². The van der Waals surface area contributed by atoms with E-state index in [1.54, 1.807) is 0 Å². The van der Waals surface area contributed by atoms with Gasteiger partial charge in [-0.25, -0.2) is 4.79 Å². The maximum absolute atomic E-state index is 12.4. The van der Waals surface area contributed by atoms with E-state index in [1.165, 1.54) is 0 Å². The number of rotatable bonds is 4. The van der Waals surface area contributed by atoms with Crippen LogP contribution in [0.1, 0.15) is 19.3 Å². The minimum atomic E-state index is -3.63. The first kappa shape index (κ1) is 9.38. The van der Waals surface area contributed by atoms with Gasteiger partial charge in [0.25, 0.3) is 0 Å². The van der Waals surface area contributed by atoms with Crippen molar-refractivity contribution in [1.29, 1.82) is 0 Å². The summed E-state index contributed by atoms with van der Waals surface area (Å²) in [6.07, 6.45) is 2.78. The van der Waals surface area contributed by atoms with E-state index in [1.807, 2.05) is 0 Å². The molecule has 2 N–H and O–H groups in total. The third-order valence-corrected chi connectivity index (χ3v) is 2.03. The first-order valence-corrected chi connectivity index (χ1v) is 3.87. The van der Waals surface area contributed by atoms with Crippen LogP contribution in [0.4, 0.5) is 8.78 Å². The van der Waals surface area contributed by atoms with E-state index < -0.39 is 18.4 Å². The van der Waals surface area contributed by atoms with Gasteiger partial charge in [0, 0.05) is 6.04 Å². The van der Waals surface area contributed by atoms with E-state index in [-0.39, 0.29) is 6.04 Å². The minimum absolute atomic E-state index is 0.0928. The number of alkyl halides is 2. The number of carboxylic acids is 1. The molecule has 70 valence electrons. The van der Waals surface area contributed by atoms with Crippen molar-refractivity contribution in [3.8, 4) is 0 Å². The molecule has 1 fully saturated rings. The van der Waals surface area contributed by atoms with E-state index >= 15 is 0 Å². The van der Waals surface area contributed by atoms with Gasteiger partial charge < -0.3 is 10.4 Å². The standard InChI is InChI=1S/C7H11F2NO2/c8-7(9,6(11)12)4-10-5-2-1-3-5/h5,10H,1-4H2,(H,11,12). The summed E-state index contributed by atoms with van der Waals surface area (Å²) in [6, 6.07) is 0.0928. The van der Waals surface area contributed by atoms with Crippen molar-refractivity contribution in [1.82, 2.24) is 5.32 Å². The zero-order valence-corrected chi connectivity index (χ0v) is 6.52. The number of hydrogen-bond acceptors (Lipinski definition) is 2. The molecule has 0 bridgehead atoms. The van der Waals surface area contributed by atoms with Crippen LogP contribution in [0.3, 0.4) is 0 Å². The van der Waals surface area contributed by atoms with Crippen LogP contribution in [0.15, 0.2) is 0 Å². The van der Waals surface area contributed by atoms with Crippen molar-refractivity contribution in [3.63, 3.8) is 0 Å². The Kier molecular flexibility index (Phi) is 2.62. The van der Waals surface area contributed by atoms with Crippen LogP contribution in [0.2, 0.25) is 0 Å². The topological polar surface area (TPSA) is 49.3 Å². The normalized spacial score (nSPS) is 18.8. The summed E-state index contributed by atoms with van der Waals surface area (Å²) in [6.45, 7) is -0.757. The lowest BCUT2D eigenvalue weighted by atomic mass is 9.93. The van der Waals surface area contributed by atoms with E-state index in [2.05, 4.69) is 5.32 Å². The van der Waals surface area contributed by atoms with E-state index in [4.69, 9.17) is 5.11 Å². The van der Waals surface area contributed by atoms with Crippen molar-refractivity contribution in [3.05, 3.63) is 0 Å². The lowest BCUT2D eigenvalue weighted by Gasteiger charge is -2.27. The average molecular weight is 179 g/mol. The van der Waals surface area contributed by atoms with Gasteiger partial charge in [-0.3, -0.25) is 0 Å². The number of nitrogens with one attached hydrogen (secondary N) is 1. The summed E-state index contributed by atoms with van der Waals surface area (Å²) in [5.74, 6) is -5.69. The van der Waals surface area contributed by atoms with Crippen LogP contribution in [0.25, 0.3) is 0 Å². The first-order valence-electron chi connectivity index (χ1n) is 3.87. The maximum atomic E-state index is 12.4. The fraction of sp³-hybridized carbons (Fsp3) is 0.857. The van der Waals surface area contributed by atoms with Crippen LogP contribution in [-0.2, 0) is 4.79 Å². The minimum Gasteiger partial charge on any atom is -0.477 e. The molecular weight excluding hydrogens is 168 g/mol. The molecule has 5 heteroatoms. The molecule has 3 nitrogen and oxygen atoms in total. The molecule has 12 heavy (non-hydrogen) atoms. The highest BCUT2D eigenvalue weighted by Gasteiger charge is 2.39. The third kappa shape index (κ3) is 2.14. The Balaban J connectivity index is 2.24. The van der Waals surface area contributed by atoms with Crippen molar-refractivity contribution >= 4 is 5.97 Å². The summed E-state index contributed by atoms with van der Waals surface area (Å²) < 4.78 is 24.8. The van der Waals surface area contributed by atoms with E-state index in [9.17, 15) is 13.6 Å². The molecule has 0 heterocycles. The molecule has 1 saturated carbocycles. The van der Waals surface area contributed by atoms with Crippen LogP contribution in [-0.4, -0.2) is 29.6 Å².